The Bertz CT molecular complexity index is 1500. The molecule has 6 rings (SSSR count). The first-order valence-corrected chi connectivity index (χ1v) is 10.6. The van der Waals surface area contributed by atoms with E-state index in [0.717, 1.165) is 22.3 Å². The van der Waals surface area contributed by atoms with Gasteiger partial charge < -0.3 is 4.57 Å². The number of hydrogen-bond acceptors (Lipinski definition) is 1. The Hall–Kier alpha value is -3.91. The van der Waals surface area contributed by atoms with E-state index in [4.69, 9.17) is 0 Å². The molecule has 0 spiro atoms. The fourth-order valence-corrected chi connectivity index (χ4v) is 5.06. The highest BCUT2D eigenvalue weighted by Crippen LogP contribution is 2.44. The van der Waals surface area contributed by atoms with Gasteiger partial charge in [0.25, 0.3) is 0 Å². The molecule has 0 fully saturated rings. The third kappa shape index (κ3) is 2.62. The number of allylic oxidation sites excluding steroid dienone is 1. The lowest BCUT2D eigenvalue weighted by Crippen LogP contribution is -2.05. The second-order valence-electron chi connectivity index (χ2n) is 8.15. The number of Topliss-reactive ketones (excluding diaryl/α,β-unsaturated/α-hetero) is 1. The van der Waals surface area contributed by atoms with Crippen LogP contribution in [0.2, 0.25) is 0 Å². The van der Waals surface area contributed by atoms with Gasteiger partial charge >= 0.3 is 0 Å². The van der Waals surface area contributed by atoms with Gasteiger partial charge in [0.2, 0.25) is 0 Å². The van der Waals surface area contributed by atoms with E-state index in [-0.39, 0.29) is 5.78 Å². The van der Waals surface area contributed by atoms with E-state index in [9.17, 15) is 4.79 Å². The van der Waals surface area contributed by atoms with Gasteiger partial charge in [0.05, 0.1) is 0 Å². The van der Waals surface area contributed by atoms with Crippen molar-refractivity contribution in [2.75, 3.05) is 0 Å². The summed E-state index contributed by atoms with van der Waals surface area (Å²) in [5.41, 5.74) is 8.65. The fourth-order valence-electron chi connectivity index (χ4n) is 5.06. The Morgan fingerprint density at radius 2 is 1.42 bits per heavy atom. The number of benzene rings is 4. The van der Waals surface area contributed by atoms with Crippen molar-refractivity contribution in [1.82, 2.24) is 4.57 Å². The highest BCUT2D eigenvalue weighted by Gasteiger charge is 2.30. The molecule has 0 saturated carbocycles. The molecule has 0 N–H and O–H groups in total. The summed E-state index contributed by atoms with van der Waals surface area (Å²) >= 11 is 0. The van der Waals surface area contributed by atoms with Crippen LogP contribution in [-0.4, -0.2) is 10.4 Å². The summed E-state index contributed by atoms with van der Waals surface area (Å²) < 4.78 is 2.25. The van der Waals surface area contributed by atoms with Crippen LogP contribution in [0.4, 0.5) is 0 Å². The summed E-state index contributed by atoms with van der Waals surface area (Å²) in [6.07, 6.45) is 0.651. The van der Waals surface area contributed by atoms with Crippen LogP contribution in [0.1, 0.15) is 27.0 Å². The molecule has 5 aromatic rings. The number of para-hydroxylation sites is 1. The maximum absolute atomic E-state index is 13.6. The highest BCUT2D eigenvalue weighted by molar-refractivity contribution is 6.20. The van der Waals surface area contributed by atoms with Crippen molar-refractivity contribution in [2.24, 2.45) is 7.05 Å². The Morgan fingerprint density at radius 3 is 2.19 bits per heavy atom. The van der Waals surface area contributed by atoms with Crippen molar-refractivity contribution < 1.29 is 4.79 Å². The topological polar surface area (TPSA) is 22.0 Å². The van der Waals surface area contributed by atoms with Crippen LogP contribution >= 0.6 is 0 Å². The van der Waals surface area contributed by atoms with Crippen LogP contribution in [0.3, 0.4) is 0 Å². The molecule has 0 unspecified atom stereocenters. The highest BCUT2D eigenvalue weighted by atomic mass is 16.1. The quantitative estimate of drug-likeness (QED) is 0.314. The van der Waals surface area contributed by atoms with Gasteiger partial charge in [-0.2, -0.15) is 0 Å². The van der Waals surface area contributed by atoms with Crippen LogP contribution in [0, 0.1) is 0 Å². The Morgan fingerprint density at radius 1 is 0.742 bits per heavy atom. The molecule has 31 heavy (non-hydrogen) atoms. The largest absolute Gasteiger partial charge is 0.344 e. The van der Waals surface area contributed by atoms with Crippen molar-refractivity contribution in [1.29, 1.82) is 0 Å². The van der Waals surface area contributed by atoms with E-state index in [0.29, 0.717) is 6.42 Å². The van der Waals surface area contributed by atoms with E-state index >= 15 is 0 Å². The maximum atomic E-state index is 13.6. The summed E-state index contributed by atoms with van der Waals surface area (Å²) in [5.74, 6) is 0.115. The number of carbonyl (C=O) groups excluding carboxylic acids is 1. The Balaban J connectivity index is 1.65. The number of fused-ring (bicyclic) bond motifs is 5. The van der Waals surface area contributed by atoms with Gasteiger partial charge in [-0.3, -0.25) is 4.79 Å². The zero-order chi connectivity index (χ0) is 20.9. The van der Waals surface area contributed by atoms with Gasteiger partial charge in [0.1, 0.15) is 0 Å². The second-order valence-corrected chi connectivity index (χ2v) is 8.15. The third-order valence-electron chi connectivity index (χ3n) is 6.48. The van der Waals surface area contributed by atoms with Crippen molar-refractivity contribution in [3.8, 4) is 0 Å². The molecule has 1 aliphatic carbocycles. The summed E-state index contributed by atoms with van der Waals surface area (Å²) in [4.78, 5) is 13.6. The van der Waals surface area contributed by atoms with Crippen LogP contribution < -0.4 is 0 Å². The lowest BCUT2D eigenvalue weighted by Gasteiger charge is -2.09. The number of carbonyl (C=O) groups is 1. The van der Waals surface area contributed by atoms with E-state index in [1.807, 2.05) is 48.5 Å². The number of aromatic nitrogens is 1. The molecule has 1 aromatic heterocycles. The number of ketones is 1. The molecular formula is C29H21NO. The van der Waals surface area contributed by atoms with E-state index in [1.54, 1.807) is 0 Å². The van der Waals surface area contributed by atoms with Crippen LogP contribution in [0.25, 0.3) is 27.4 Å². The summed E-state index contributed by atoms with van der Waals surface area (Å²) in [6.45, 7) is 0. The standard InChI is InChI=1S/C29H21NO/c1-30-25-15-9-8-14-22(25)28-23-18-24(29(31)20-12-6-3-7-13-20)27(19-10-4-2-5-11-19)21(23)16-17-26(28)30/h2-17H,18H2,1H3. The maximum Gasteiger partial charge on any atom is 0.189 e. The predicted octanol–water partition coefficient (Wildman–Crippen LogP) is 6.57. The van der Waals surface area contributed by atoms with E-state index in [1.165, 1.54) is 32.9 Å². The van der Waals surface area contributed by atoms with E-state index < -0.39 is 0 Å². The molecule has 0 aliphatic heterocycles. The van der Waals surface area contributed by atoms with E-state index in [2.05, 4.69) is 60.1 Å². The molecular weight excluding hydrogens is 378 g/mol. The average molecular weight is 399 g/mol. The molecule has 1 heterocycles. The van der Waals surface area contributed by atoms with Crippen molar-refractivity contribution in [3.63, 3.8) is 0 Å². The first kappa shape index (κ1) is 17.9. The van der Waals surface area contributed by atoms with Gasteiger partial charge in [-0.25, -0.2) is 0 Å². The van der Waals surface area contributed by atoms with Crippen molar-refractivity contribution in [3.05, 3.63) is 125 Å². The molecule has 1 aliphatic rings. The molecule has 2 nitrogen and oxygen atoms in total. The summed E-state index contributed by atoms with van der Waals surface area (Å²) in [7, 11) is 2.12. The lowest BCUT2D eigenvalue weighted by atomic mass is 9.94. The molecule has 0 atom stereocenters. The molecule has 148 valence electrons. The van der Waals surface area contributed by atoms with Gasteiger partial charge in [-0.05, 0) is 34.4 Å². The van der Waals surface area contributed by atoms with Crippen LogP contribution in [0.15, 0.2) is 103 Å². The fraction of sp³-hybridized carbons (Fsp3) is 0.0690. The van der Waals surface area contributed by atoms with Crippen LogP contribution in [0.5, 0.6) is 0 Å². The van der Waals surface area contributed by atoms with Crippen LogP contribution in [-0.2, 0) is 13.5 Å². The number of aryl methyl sites for hydroxylation is 1. The molecule has 4 aromatic carbocycles. The predicted molar refractivity (Wildman–Crippen MR) is 127 cm³/mol. The first-order valence-electron chi connectivity index (χ1n) is 10.6. The van der Waals surface area contributed by atoms with Gasteiger partial charge in [0.15, 0.2) is 5.78 Å². The minimum Gasteiger partial charge on any atom is -0.344 e. The molecule has 2 heteroatoms. The monoisotopic (exact) mass is 399 g/mol. The third-order valence-corrected chi connectivity index (χ3v) is 6.48. The Kier molecular flexibility index (Phi) is 3.94. The van der Waals surface area contributed by atoms with Gasteiger partial charge in [-0.15, -0.1) is 0 Å². The normalized spacial score (nSPS) is 13.2. The Labute approximate surface area is 181 Å². The lowest BCUT2D eigenvalue weighted by molar-refractivity contribution is 0.103. The summed E-state index contributed by atoms with van der Waals surface area (Å²) in [6, 6.07) is 32.9. The average Bonchev–Trinajstić information content (AvgIpc) is 3.36. The smallest absolute Gasteiger partial charge is 0.189 e. The molecule has 0 radical (unpaired) electrons. The first-order chi connectivity index (χ1) is 15.2. The zero-order valence-corrected chi connectivity index (χ0v) is 17.3. The van der Waals surface area contributed by atoms with Crippen molar-refractivity contribution in [2.45, 2.75) is 6.42 Å². The SMILES string of the molecule is Cn1c2ccccc2c2c3c(ccc21)C(c1ccccc1)=C(C(=O)c1ccccc1)C3. The minimum atomic E-state index is 0.115. The molecule has 0 bridgehead atoms. The van der Waals surface area contributed by atoms with Crippen molar-refractivity contribution >= 4 is 33.2 Å². The molecule has 0 saturated heterocycles. The minimum absolute atomic E-state index is 0.115. The van der Waals surface area contributed by atoms with Gasteiger partial charge in [0, 0.05) is 46.4 Å². The van der Waals surface area contributed by atoms with Gasteiger partial charge in [-0.1, -0.05) is 84.9 Å². The molecule has 0 amide bonds. The number of nitrogens with zero attached hydrogens (tertiary/aromatic N) is 1. The number of hydrogen-bond donors (Lipinski definition) is 0. The zero-order valence-electron chi connectivity index (χ0n) is 17.3. The number of rotatable bonds is 3. The second kappa shape index (κ2) is 6.82. The summed E-state index contributed by atoms with van der Waals surface area (Å²) in [5, 5.41) is 2.51.